The Morgan fingerprint density at radius 3 is 3.27 bits per heavy atom. The first-order valence-corrected chi connectivity index (χ1v) is 5.45. The number of benzene rings is 1. The molecule has 1 saturated heterocycles. The van der Waals surface area contributed by atoms with Gasteiger partial charge in [0.2, 0.25) is 0 Å². The summed E-state index contributed by atoms with van der Waals surface area (Å²) in [5.41, 5.74) is 3.77. The van der Waals surface area contributed by atoms with Crippen molar-refractivity contribution < 1.29 is 4.74 Å². The second kappa shape index (κ2) is 3.26. The highest BCUT2D eigenvalue weighted by Crippen LogP contribution is 2.29. The molecule has 2 heterocycles. The van der Waals surface area contributed by atoms with Crippen molar-refractivity contribution in [1.82, 2.24) is 4.90 Å². The molecule has 1 aromatic rings. The maximum Gasteiger partial charge on any atom is 0.293 e. The third-order valence-electron chi connectivity index (χ3n) is 2.99. The summed E-state index contributed by atoms with van der Waals surface area (Å²) >= 11 is 0. The molecule has 3 heteroatoms. The monoisotopic (exact) mass is 202 g/mol. The summed E-state index contributed by atoms with van der Waals surface area (Å²) in [5.74, 6) is 0. The summed E-state index contributed by atoms with van der Waals surface area (Å²) in [7, 11) is 0. The minimum absolute atomic E-state index is 0.771. The number of aryl methyl sites for hydroxylation is 1. The first-order valence-electron chi connectivity index (χ1n) is 5.45. The van der Waals surface area contributed by atoms with E-state index in [1.165, 1.54) is 11.1 Å². The van der Waals surface area contributed by atoms with Crippen LogP contribution in [0.2, 0.25) is 0 Å². The van der Waals surface area contributed by atoms with Crippen LogP contribution >= 0.6 is 0 Å². The normalized spacial score (nSPS) is 17.9. The second-order valence-electron chi connectivity index (χ2n) is 3.98. The van der Waals surface area contributed by atoms with Crippen molar-refractivity contribution in [2.75, 3.05) is 13.2 Å². The van der Waals surface area contributed by atoms with Crippen LogP contribution in [0.5, 0.6) is 0 Å². The molecule has 1 fully saturated rings. The first-order chi connectivity index (χ1) is 7.36. The summed E-state index contributed by atoms with van der Waals surface area (Å²) < 4.78 is 5.45. The fraction of sp³-hybridized carbons (Fsp3) is 0.417. The second-order valence-corrected chi connectivity index (χ2v) is 3.98. The third-order valence-corrected chi connectivity index (χ3v) is 2.99. The van der Waals surface area contributed by atoms with E-state index in [0.717, 1.165) is 37.8 Å². The van der Waals surface area contributed by atoms with Crippen molar-refractivity contribution >= 4 is 11.7 Å². The summed E-state index contributed by atoms with van der Waals surface area (Å²) in [6, 6.07) is 7.30. The molecule has 0 radical (unpaired) electrons. The number of aliphatic imine (C=N–C) groups is 1. The van der Waals surface area contributed by atoms with Crippen LogP contribution in [0.3, 0.4) is 0 Å². The zero-order chi connectivity index (χ0) is 10.3. The van der Waals surface area contributed by atoms with Crippen LogP contribution in [0.15, 0.2) is 23.2 Å². The minimum Gasteiger partial charge on any atom is -0.463 e. The Morgan fingerprint density at radius 2 is 2.40 bits per heavy atom. The van der Waals surface area contributed by atoms with Gasteiger partial charge in [0.25, 0.3) is 6.02 Å². The van der Waals surface area contributed by atoms with Gasteiger partial charge in [-0.05, 0) is 23.6 Å². The van der Waals surface area contributed by atoms with Gasteiger partial charge in [0.05, 0.1) is 12.2 Å². The Morgan fingerprint density at radius 1 is 1.47 bits per heavy atom. The van der Waals surface area contributed by atoms with Gasteiger partial charge in [-0.25, -0.2) is 0 Å². The van der Waals surface area contributed by atoms with E-state index in [1.807, 2.05) is 0 Å². The number of ether oxygens (including phenoxy) is 1. The Bertz CT molecular complexity index is 426. The highest BCUT2D eigenvalue weighted by atomic mass is 16.5. The average molecular weight is 202 g/mol. The standard InChI is InChI=1S/C12H14N2O/c1-2-9-3-4-11-10(7-9)8-14-5-6-15-12(14)13-11/h3-4,7H,2,5-6,8H2,1H3. The minimum atomic E-state index is 0.771. The van der Waals surface area contributed by atoms with Gasteiger partial charge >= 0.3 is 0 Å². The van der Waals surface area contributed by atoms with Gasteiger partial charge in [0.1, 0.15) is 6.61 Å². The number of hydrogen-bond donors (Lipinski definition) is 0. The molecule has 0 saturated carbocycles. The van der Waals surface area contributed by atoms with Gasteiger partial charge in [-0.3, -0.25) is 0 Å². The predicted octanol–water partition coefficient (Wildman–Crippen LogP) is 2.08. The van der Waals surface area contributed by atoms with E-state index >= 15 is 0 Å². The molecular formula is C12H14N2O. The maximum absolute atomic E-state index is 5.45. The number of amidine groups is 1. The molecule has 3 rings (SSSR count). The van der Waals surface area contributed by atoms with E-state index in [4.69, 9.17) is 4.74 Å². The van der Waals surface area contributed by atoms with Gasteiger partial charge in [0, 0.05) is 6.54 Å². The topological polar surface area (TPSA) is 24.8 Å². The van der Waals surface area contributed by atoms with Crippen molar-refractivity contribution in [3.8, 4) is 0 Å². The van der Waals surface area contributed by atoms with Crippen LogP contribution in [0.25, 0.3) is 0 Å². The lowest BCUT2D eigenvalue weighted by molar-refractivity contribution is 0.350. The van der Waals surface area contributed by atoms with Crippen LogP contribution in [0.4, 0.5) is 5.69 Å². The Hall–Kier alpha value is -1.51. The van der Waals surface area contributed by atoms with Crippen molar-refractivity contribution in [2.45, 2.75) is 19.9 Å². The molecular weight excluding hydrogens is 188 g/mol. The molecule has 0 N–H and O–H groups in total. The number of nitrogens with zero attached hydrogens (tertiary/aromatic N) is 2. The van der Waals surface area contributed by atoms with Crippen molar-refractivity contribution in [3.63, 3.8) is 0 Å². The summed E-state index contributed by atoms with van der Waals surface area (Å²) in [6.07, 6.45) is 1.08. The predicted molar refractivity (Wildman–Crippen MR) is 59.3 cm³/mol. The Kier molecular flexibility index (Phi) is 1.91. The molecule has 2 aliphatic rings. The zero-order valence-corrected chi connectivity index (χ0v) is 8.86. The molecule has 0 amide bonds. The van der Waals surface area contributed by atoms with E-state index in [2.05, 4.69) is 35.0 Å². The van der Waals surface area contributed by atoms with E-state index in [9.17, 15) is 0 Å². The molecule has 0 aliphatic carbocycles. The van der Waals surface area contributed by atoms with Gasteiger partial charge < -0.3 is 9.64 Å². The van der Waals surface area contributed by atoms with E-state index in [0.29, 0.717) is 0 Å². The SMILES string of the molecule is CCc1ccc2c(c1)CN1CCOC1=N2. The number of fused-ring (bicyclic) bond motifs is 2. The van der Waals surface area contributed by atoms with Crippen LogP contribution in [-0.4, -0.2) is 24.1 Å². The third kappa shape index (κ3) is 1.39. The largest absolute Gasteiger partial charge is 0.463 e. The molecule has 0 unspecified atom stereocenters. The quantitative estimate of drug-likeness (QED) is 0.696. The fourth-order valence-electron chi connectivity index (χ4n) is 2.09. The Labute approximate surface area is 89.4 Å². The van der Waals surface area contributed by atoms with Crippen molar-refractivity contribution in [3.05, 3.63) is 29.3 Å². The summed E-state index contributed by atoms with van der Waals surface area (Å²) in [4.78, 5) is 6.70. The number of hydrogen-bond acceptors (Lipinski definition) is 3. The van der Waals surface area contributed by atoms with Gasteiger partial charge in [-0.2, -0.15) is 4.99 Å². The highest BCUT2D eigenvalue weighted by Gasteiger charge is 2.25. The van der Waals surface area contributed by atoms with Gasteiger partial charge in [-0.1, -0.05) is 19.1 Å². The zero-order valence-electron chi connectivity index (χ0n) is 8.86. The van der Waals surface area contributed by atoms with E-state index in [-0.39, 0.29) is 0 Å². The first kappa shape index (κ1) is 8.77. The molecule has 0 aromatic heterocycles. The van der Waals surface area contributed by atoms with Crippen LogP contribution in [-0.2, 0) is 17.7 Å². The molecule has 78 valence electrons. The Balaban J connectivity index is 2.03. The molecule has 2 aliphatic heterocycles. The molecule has 3 nitrogen and oxygen atoms in total. The fourth-order valence-corrected chi connectivity index (χ4v) is 2.09. The lowest BCUT2D eigenvalue weighted by Crippen LogP contribution is -2.27. The van der Waals surface area contributed by atoms with Crippen LogP contribution in [0.1, 0.15) is 18.1 Å². The lowest BCUT2D eigenvalue weighted by atomic mass is 10.1. The smallest absolute Gasteiger partial charge is 0.293 e. The van der Waals surface area contributed by atoms with E-state index in [1.54, 1.807) is 0 Å². The average Bonchev–Trinajstić information content (AvgIpc) is 2.72. The molecule has 15 heavy (non-hydrogen) atoms. The molecule has 0 bridgehead atoms. The summed E-state index contributed by atoms with van der Waals surface area (Å²) in [5, 5.41) is 0. The van der Waals surface area contributed by atoms with Crippen LogP contribution < -0.4 is 0 Å². The highest BCUT2D eigenvalue weighted by molar-refractivity contribution is 5.81. The van der Waals surface area contributed by atoms with Gasteiger partial charge in [-0.15, -0.1) is 0 Å². The van der Waals surface area contributed by atoms with E-state index < -0.39 is 0 Å². The number of rotatable bonds is 1. The summed E-state index contributed by atoms with van der Waals surface area (Å²) in [6.45, 7) is 4.86. The molecule has 1 aromatic carbocycles. The maximum atomic E-state index is 5.45. The lowest BCUT2D eigenvalue weighted by Gasteiger charge is -2.22. The molecule has 0 spiro atoms. The van der Waals surface area contributed by atoms with Gasteiger partial charge in [0.15, 0.2) is 0 Å². The van der Waals surface area contributed by atoms with Crippen molar-refractivity contribution in [2.24, 2.45) is 4.99 Å². The van der Waals surface area contributed by atoms with Crippen molar-refractivity contribution in [1.29, 1.82) is 0 Å². The van der Waals surface area contributed by atoms with Crippen LogP contribution in [0, 0.1) is 0 Å². The molecule has 0 atom stereocenters.